The lowest BCUT2D eigenvalue weighted by Gasteiger charge is -2.02. The van der Waals surface area contributed by atoms with Crippen molar-refractivity contribution in [3.63, 3.8) is 0 Å². The third-order valence-electron chi connectivity index (χ3n) is 2.93. The molecule has 1 aromatic carbocycles. The lowest BCUT2D eigenvalue weighted by atomic mass is 10.0. The maximum atomic E-state index is 10.7. The summed E-state index contributed by atoms with van der Waals surface area (Å²) in [7, 11) is 0. The van der Waals surface area contributed by atoms with Crippen LogP contribution in [0.4, 0.5) is 0 Å². The van der Waals surface area contributed by atoms with Crippen LogP contribution in [0.15, 0.2) is 60.9 Å². The minimum Gasteiger partial charge on any atom is -0.297 e. The molecule has 19 heavy (non-hydrogen) atoms. The number of rotatable bonds is 3. The highest BCUT2D eigenvalue weighted by Gasteiger charge is 2.03. The molecule has 3 rings (SSSR count). The molecule has 0 N–H and O–H groups in total. The van der Waals surface area contributed by atoms with Crippen LogP contribution in [0.3, 0.4) is 0 Å². The third-order valence-corrected chi connectivity index (χ3v) is 3.99. The maximum absolute atomic E-state index is 10.7. The topological polar surface area (TPSA) is 30.0 Å². The van der Waals surface area contributed by atoms with Gasteiger partial charge in [-0.15, -0.1) is 11.3 Å². The molecule has 2 heterocycles. The zero-order valence-corrected chi connectivity index (χ0v) is 10.9. The number of thiophene rings is 1. The quantitative estimate of drug-likeness (QED) is 0.661. The minimum atomic E-state index is 0.758. The molecule has 0 fully saturated rings. The van der Waals surface area contributed by atoms with Crippen molar-refractivity contribution in [2.24, 2.45) is 0 Å². The van der Waals surface area contributed by atoms with Gasteiger partial charge in [-0.05, 0) is 41.0 Å². The van der Waals surface area contributed by atoms with Crippen LogP contribution in [0.25, 0.3) is 21.6 Å². The Hall–Kier alpha value is -2.26. The number of hydrogen-bond donors (Lipinski definition) is 0. The molecular weight excluding hydrogens is 254 g/mol. The molecule has 2 aromatic heterocycles. The van der Waals surface area contributed by atoms with Gasteiger partial charge in [0.05, 0.1) is 4.88 Å². The summed E-state index contributed by atoms with van der Waals surface area (Å²) in [5.41, 5.74) is 3.45. The summed E-state index contributed by atoms with van der Waals surface area (Å²) in [4.78, 5) is 16.6. The van der Waals surface area contributed by atoms with Gasteiger partial charge in [0.15, 0.2) is 6.29 Å². The first-order chi connectivity index (χ1) is 9.36. The van der Waals surface area contributed by atoms with Gasteiger partial charge in [-0.3, -0.25) is 9.78 Å². The van der Waals surface area contributed by atoms with Crippen LogP contribution >= 0.6 is 11.3 Å². The maximum Gasteiger partial charge on any atom is 0.160 e. The largest absolute Gasteiger partial charge is 0.297 e. The summed E-state index contributed by atoms with van der Waals surface area (Å²) in [5.74, 6) is 0. The summed E-state index contributed by atoms with van der Waals surface area (Å²) < 4.78 is 0. The van der Waals surface area contributed by atoms with Crippen LogP contribution in [-0.2, 0) is 0 Å². The lowest BCUT2D eigenvalue weighted by Crippen LogP contribution is -1.78. The van der Waals surface area contributed by atoms with E-state index in [0.717, 1.165) is 27.2 Å². The van der Waals surface area contributed by atoms with Gasteiger partial charge in [-0.2, -0.15) is 0 Å². The Labute approximate surface area is 115 Å². The van der Waals surface area contributed by atoms with E-state index in [0.29, 0.717) is 0 Å². The van der Waals surface area contributed by atoms with Crippen molar-refractivity contribution >= 4 is 17.6 Å². The fourth-order valence-corrected chi connectivity index (χ4v) is 2.77. The van der Waals surface area contributed by atoms with Gasteiger partial charge < -0.3 is 0 Å². The Balaban J connectivity index is 1.92. The van der Waals surface area contributed by atoms with Crippen LogP contribution in [0, 0.1) is 0 Å². The highest BCUT2D eigenvalue weighted by atomic mass is 32.1. The molecule has 0 atom stereocenters. The second-order valence-corrected chi connectivity index (χ2v) is 5.25. The fourth-order valence-electron chi connectivity index (χ4n) is 1.94. The number of aldehydes is 1. The average Bonchev–Trinajstić information content (AvgIpc) is 2.97. The predicted molar refractivity (Wildman–Crippen MR) is 78.4 cm³/mol. The van der Waals surface area contributed by atoms with Gasteiger partial charge in [0, 0.05) is 17.3 Å². The van der Waals surface area contributed by atoms with Gasteiger partial charge in [-0.25, -0.2) is 0 Å². The molecule has 0 aliphatic heterocycles. The van der Waals surface area contributed by atoms with Crippen LogP contribution in [-0.4, -0.2) is 11.3 Å². The number of carbonyl (C=O) groups is 1. The second kappa shape index (κ2) is 5.16. The predicted octanol–water partition coefficient (Wildman–Crippen LogP) is 4.29. The van der Waals surface area contributed by atoms with E-state index in [2.05, 4.69) is 29.2 Å². The zero-order chi connectivity index (χ0) is 13.1. The monoisotopic (exact) mass is 265 g/mol. The average molecular weight is 265 g/mol. The smallest absolute Gasteiger partial charge is 0.160 e. The van der Waals surface area contributed by atoms with Crippen LogP contribution in [0.2, 0.25) is 0 Å². The summed E-state index contributed by atoms with van der Waals surface area (Å²) in [5, 5.41) is 0. The standard InChI is InChI=1S/C16H11NOS/c18-11-15-5-6-16(19-15)14-3-1-12(2-4-14)13-7-9-17-10-8-13/h1-11H. The normalized spacial score (nSPS) is 10.3. The van der Waals surface area contributed by atoms with Crippen molar-refractivity contribution in [1.82, 2.24) is 4.98 Å². The molecule has 0 amide bonds. The molecule has 0 aliphatic rings. The number of hydrogen-bond acceptors (Lipinski definition) is 3. The molecule has 3 aromatic rings. The fraction of sp³-hybridized carbons (Fsp3) is 0. The molecule has 3 heteroatoms. The lowest BCUT2D eigenvalue weighted by molar-refractivity contribution is 0.112. The first-order valence-corrected chi connectivity index (χ1v) is 6.74. The van der Waals surface area contributed by atoms with Gasteiger partial charge in [-0.1, -0.05) is 24.3 Å². The molecular formula is C16H11NOS. The first kappa shape index (κ1) is 11.8. The molecule has 0 saturated carbocycles. The Kier molecular flexibility index (Phi) is 3.21. The van der Waals surface area contributed by atoms with E-state index >= 15 is 0 Å². The Morgan fingerprint density at radius 3 is 2.05 bits per heavy atom. The van der Waals surface area contributed by atoms with E-state index in [4.69, 9.17) is 0 Å². The molecule has 0 radical (unpaired) electrons. The Bertz CT molecular complexity index is 686. The number of aromatic nitrogens is 1. The van der Waals surface area contributed by atoms with Crippen molar-refractivity contribution in [1.29, 1.82) is 0 Å². The second-order valence-electron chi connectivity index (χ2n) is 4.13. The SMILES string of the molecule is O=Cc1ccc(-c2ccc(-c3ccncc3)cc2)s1. The Morgan fingerprint density at radius 1 is 0.789 bits per heavy atom. The highest BCUT2D eigenvalue weighted by Crippen LogP contribution is 2.29. The van der Waals surface area contributed by atoms with Crippen molar-refractivity contribution in [2.75, 3.05) is 0 Å². The number of benzene rings is 1. The number of carbonyl (C=O) groups excluding carboxylic acids is 1. The molecule has 0 saturated heterocycles. The third kappa shape index (κ3) is 2.46. The molecule has 2 nitrogen and oxygen atoms in total. The molecule has 0 bridgehead atoms. The van der Waals surface area contributed by atoms with Gasteiger partial charge in [0.25, 0.3) is 0 Å². The van der Waals surface area contributed by atoms with E-state index < -0.39 is 0 Å². The van der Waals surface area contributed by atoms with Gasteiger partial charge in [0.2, 0.25) is 0 Å². The molecule has 0 spiro atoms. The molecule has 92 valence electrons. The van der Waals surface area contributed by atoms with Crippen LogP contribution < -0.4 is 0 Å². The number of pyridine rings is 1. The van der Waals surface area contributed by atoms with Gasteiger partial charge in [0.1, 0.15) is 0 Å². The number of nitrogens with zero attached hydrogens (tertiary/aromatic N) is 1. The summed E-state index contributed by atoms with van der Waals surface area (Å²) >= 11 is 1.51. The van der Waals surface area contributed by atoms with Crippen molar-refractivity contribution in [3.8, 4) is 21.6 Å². The molecule has 0 aliphatic carbocycles. The van der Waals surface area contributed by atoms with Crippen molar-refractivity contribution in [3.05, 3.63) is 65.8 Å². The van der Waals surface area contributed by atoms with E-state index in [1.54, 1.807) is 12.4 Å². The van der Waals surface area contributed by atoms with Crippen molar-refractivity contribution < 1.29 is 4.79 Å². The van der Waals surface area contributed by atoms with Crippen molar-refractivity contribution in [2.45, 2.75) is 0 Å². The van der Waals surface area contributed by atoms with Gasteiger partial charge >= 0.3 is 0 Å². The van der Waals surface area contributed by atoms with E-state index in [1.807, 2.05) is 24.3 Å². The summed E-state index contributed by atoms with van der Waals surface area (Å²) in [6, 6.07) is 16.2. The zero-order valence-electron chi connectivity index (χ0n) is 10.1. The van der Waals surface area contributed by atoms with Crippen LogP contribution in [0.1, 0.15) is 9.67 Å². The van der Waals surface area contributed by atoms with E-state index in [-0.39, 0.29) is 0 Å². The van der Waals surface area contributed by atoms with E-state index in [1.165, 1.54) is 16.9 Å². The Morgan fingerprint density at radius 2 is 1.42 bits per heavy atom. The first-order valence-electron chi connectivity index (χ1n) is 5.93. The summed E-state index contributed by atoms with van der Waals surface area (Å²) in [6.07, 6.45) is 4.47. The molecule has 0 unspecified atom stereocenters. The van der Waals surface area contributed by atoms with E-state index in [9.17, 15) is 4.79 Å². The highest BCUT2D eigenvalue weighted by molar-refractivity contribution is 7.17. The minimum absolute atomic E-state index is 0.758. The van der Waals surface area contributed by atoms with Crippen LogP contribution in [0.5, 0.6) is 0 Å². The summed E-state index contributed by atoms with van der Waals surface area (Å²) in [6.45, 7) is 0.